The molecule has 1 N–H and O–H groups in total. The molecule has 1 aliphatic rings. The van der Waals surface area contributed by atoms with Crippen LogP contribution < -0.4 is 5.32 Å². The van der Waals surface area contributed by atoms with Gasteiger partial charge in [0.25, 0.3) is 0 Å². The summed E-state index contributed by atoms with van der Waals surface area (Å²) in [4.78, 5) is 5.08. The van der Waals surface area contributed by atoms with Gasteiger partial charge in [0.1, 0.15) is 0 Å². The fraction of sp³-hybridized carbons (Fsp3) is 0.682. The molecule has 5 heteroatoms. The second kappa shape index (κ2) is 10.7. The van der Waals surface area contributed by atoms with E-state index in [9.17, 15) is 0 Å². The van der Waals surface area contributed by atoms with E-state index in [1.54, 1.807) is 0 Å². The van der Waals surface area contributed by atoms with Crippen molar-refractivity contribution in [1.29, 1.82) is 0 Å². The first-order valence-corrected chi connectivity index (χ1v) is 11.0. The maximum absolute atomic E-state index is 4.90. The Balaban J connectivity index is 1.53. The van der Waals surface area contributed by atoms with Crippen molar-refractivity contribution in [3.8, 4) is 0 Å². The number of para-hydroxylation sites is 1. The molecular weight excluding hydrogens is 334 g/mol. The molecule has 27 heavy (non-hydrogen) atoms. The van der Waals surface area contributed by atoms with Crippen molar-refractivity contribution < 1.29 is 0 Å². The average Bonchev–Trinajstić information content (AvgIpc) is 3.07. The molecule has 2 aromatic rings. The van der Waals surface area contributed by atoms with E-state index in [1.807, 2.05) is 0 Å². The number of piperidine rings is 1. The molecule has 1 fully saturated rings. The van der Waals surface area contributed by atoms with Gasteiger partial charge >= 0.3 is 0 Å². The molecule has 1 saturated heterocycles. The lowest BCUT2D eigenvalue weighted by Crippen LogP contribution is -2.31. The van der Waals surface area contributed by atoms with Crippen LogP contribution in [0.25, 0.3) is 10.9 Å². The van der Waals surface area contributed by atoms with Gasteiger partial charge in [0, 0.05) is 18.5 Å². The molecule has 0 spiro atoms. The van der Waals surface area contributed by atoms with Crippen LogP contribution in [0.3, 0.4) is 0 Å². The number of likely N-dealkylation sites (tertiary alicyclic amines) is 1. The third-order valence-corrected chi connectivity index (χ3v) is 5.79. The summed E-state index contributed by atoms with van der Waals surface area (Å²) in [6, 6.07) is 8.61. The summed E-state index contributed by atoms with van der Waals surface area (Å²) in [5.41, 5.74) is 1.25. The Morgan fingerprint density at radius 2 is 1.78 bits per heavy atom. The Hall–Kier alpha value is -1.59. The molecule has 1 aromatic heterocycles. The Bertz CT molecular complexity index is 670. The van der Waals surface area contributed by atoms with Crippen molar-refractivity contribution in [3.05, 3.63) is 24.3 Å². The van der Waals surface area contributed by atoms with E-state index in [1.165, 1.54) is 56.2 Å². The number of aryl methyl sites for hydroxylation is 1. The number of nitrogens with zero attached hydrogens (tertiary/aromatic N) is 4. The number of rotatable bonds is 11. The minimum atomic E-state index is 0.979. The second-order valence-electron chi connectivity index (χ2n) is 7.65. The van der Waals surface area contributed by atoms with Crippen LogP contribution in [0, 0.1) is 0 Å². The summed E-state index contributed by atoms with van der Waals surface area (Å²) >= 11 is 0. The maximum Gasteiger partial charge on any atom is 0.155 e. The molecule has 0 radical (unpaired) electrons. The number of anilines is 1. The van der Waals surface area contributed by atoms with Gasteiger partial charge in [-0.15, -0.1) is 0 Å². The number of benzene rings is 1. The minimum absolute atomic E-state index is 0.979. The van der Waals surface area contributed by atoms with Crippen molar-refractivity contribution in [2.45, 2.75) is 52.5 Å². The average molecular weight is 372 g/mol. The highest BCUT2D eigenvalue weighted by molar-refractivity contribution is 5.90. The monoisotopic (exact) mass is 371 g/mol. The molecule has 1 aromatic carbocycles. The predicted octanol–water partition coefficient (Wildman–Crippen LogP) is 4.06. The third-order valence-electron chi connectivity index (χ3n) is 5.79. The number of fused-ring (bicyclic) bond motifs is 1. The number of nitrogens with one attached hydrogen (secondary N) is 1. The Morgan fingerprint density at radius 1 is 1.00 bits per heavy atom. The summed E-state index contributed by atoms with van der Waals surface area (Å²) in [6.07, 6.45) is 6.48. The van der Waals surface area contributed by atoms with Gasteiger partial charge in [0.05, 0.1) is 5.52 Å². The minimum Gasteiger partial charge on any atom is -0.368 e. The van der Waals surface area contributed by atoms with Crippen LogP contribution in [0.5, 0.6) is 0 Å². The quantitative estimate of drug-likeness (QED) is 0.605. The summed E-state index contributed by atoms with van der Waals surface area (Å²) in [7, 11) is 0. The van der Waals surface area contributed by atoms with Gasteiger partial charge < -0.3 is 15.1 Å². The number of hydrogen-bond acceptors (Lipinski definition) is 4. The molecule has 2 heterocycles. The number of aromatic nitrogens is 2. The molecule has 3 rings (SSSR count). The van der Waals surface area contributed by atoms with E-state index in [2.05, 4.69) is 57.9 Å². The van der Waals surface area contributed by atoms with Crippen LogP contribution in [0.2, 0.25) is 0 Å². The number of hydrogen-bond donors (Lipinski definition) is 1. The van der Waals surface area contributed by atoms with Gasteiger partial charge in [-0.1, -0.05) is 32.4 Å². The third kappa shape index (κ3) is 5.69. The lowest BCUT2D eigenvalue weighted by atomic mass is 10.1. The first-order valence-electron chi connectivity index (χ1n) is 11.0. The molecule has 1 aliphatic heterocycles. The highest BCUT2D eigenvalue weighted by Crippen LogP contribution is 2.23. The van der Waals surface area contributed by atoms with Crippen molar-refractivity contribution in [2.24, 2.45) is 0 Å². The van der Waals surface area contributed by atoms with Crippen LogP contribution in [0.4, 0.5) is 5.82 Å². The summed E-state index contributed by atoms with van der Waals surface area (Å²) < 4.78 is 2.19. The Morgan fingerprint density at radius 3 is 2.56 bits per heavy atom. The van der Waals surface area contributed by atoms with Crippen LogP contribution in [-0.2, 0) is 6.54 Å². The van der Waals surface area contributed by atoms with Gasteiger partial charge in [-0.2, -0.15) is 5.10 Å². The van der Waals surface area contributed by atoms with E-state index in [0.717, 1.165) is 45.0 Å². The fourth-order valence-electron chi connectivity index (χ4n) is 4.10. The highest BCUT2D eigenvalue weighted by atomic mass is 15.3. The van der Waals surface area contributed by atoms with Crippen LogP contribution in [0.15, 0.2) is 24.3 Å². The topological polar surface area (TPSA) is 36.3 Å². The SMILES string of the molecule is CCN(CC)CCCn1nc(NCCCN2CCCCC2)c2ccccc21. The molecule has 0 unspecified atom stereocenters. The zero-order chi connectivity index (χ0) is 18.9. The van der Waals surface area contributed by atoms with Gasteiger partial charge in [0.15, 0.2) is 5.82 Å². The maximum atomic E-state index is 4.90. The van der Waals surface area contributed by atoms with E-state index < -0.39 is 0 Å². The summed E-state index contributed by atoms with van der Waals surface area (Å²) in [5.74, 6) is 1.05. The highest BCUT2D eigenvalue weighted by Gasteiger charge is 2.11. The first kappa shape index (κ1) is 20.2. The van der Waals surface area contributed by atoms with Crippen LogP contribution in [-0.4, -0.2) is 65.4 Å². The van der Waals surface area contributed by atoms with Crippen molar-refractivity contribution in [3.63, 3.8) is 0 Å². The zero-order valence-corrected chi connectivity index (χ0v) is 17.3. The van der Waals surface area contributed by atoms with E-state index in [4.69, 9.17) is 5.10 Å². The van der Waals surface area contributed by atoms with Crippen LogP contribution in [0.1, 0.15) is 46.0 Å². The van der Waals surface area contributed by atoms with Crippen LogP contribution >= 0.6 is 0 Å². The smallest absolute Gasteiger partial charge is 0.155 e. The molecule has 0 bridgehead atoms. The predicted molar refractivity (Wildman–Crippen MR) is 116 cm³/mol. The Kier molecular flexibility index (Phi) is 7.96. The lowest BCUT2D eigenvalue weighted by Gasteiger charge is -2.26. The van der Waals surface area contributed by atoms with Gasteiger partial charge in [-0.25, -0.2) is 0 Å². The molecule has 150 valence electrons. The molecular formula is C22H37N5. The zero-order valence-electron chi connectivity index (χ0n) is 17.3. The van der Waals surface area contributed by atoms with Gasteiger partial charge in [0.2, 0.25) is 0 Å². The Labute approximate surface area is 164 Å². The summed E-state index contributed by atoms with van der Waals surface area (Å²) in [5, 5.41) is 9.74. The van der Waals surface area contributed by atoms with E-state index in [0.29, 0.717) is 0 Å². The van der Waals surface area contributed by atoms with E-state index in [-0.39, 0.29) is 0 Å². The molecule has 0 saturated carbocycles. The molecule has 0 amide bonds. The molecule has 0 atom stereocenters. The summed E-state index contributed by atoms with van der Waals surface area (Å²) in [6.45, 7) is 13.6. The normalized spacial score (nSPS) is 15.7. The van der Waals surface area contributed by atoms with Gasteiger partial charge in [-0.05, 0) is 77.1 Å². The van der Waals surface area contributed by atoms with Crippen molar-refractivity contribution in [1.82, 2.24) is 19.6 Å². The largest absolute Gasteiger partial charge is 0.368 e. The second-order valence-corrected chi connectivity index (χ2v) is 7.65. The molecule has 5 nitrogen and oxygen atoms in total. The van der Waals surface area contributed by atoms with E-state index >= 15 is 0 Å². The standard InChI is InChI=1S/C22H37N5/c1-3-25(4-2)18-11-19-27-21-13-7-6-12-20(21)22(24-27)23-14-10-17-26-15-8-5-9-16-26/h6-7,12-13H,3-5,8-11,14-19H2,1-2H3,(H,23,24). The first-order chi connectivity index (χ1) is 13.3. The van der Waals surface area contributed by atoms with Gasteiger partial charge in [-0.3, -0.25) is 4.68 Å². The van der Waals surface area contributed by atoms with Crippen molar-refractivity contribution >= 4 is 16.7 Å². The fourth-order valence-corrected chi connectivity index (χ4v) is 4.10. The lowest BCUT2D eigenvalue weighted by molar-refractivity contribution is 0.228. The molecule has 0 aliphatic carbocycles. The van der Waals surface area contributed by atoms with Crippen molar-refractivity contribution in [2.75, 3.05) is 51.1 Å².